The van der Waals surface area contributed by atoms with Crippen molar-refractivity contribution in [2.45, 2.75) is 37.1 Å². The summed E-state index contributed by atoms with van der Waals surface area (Å²) >= 11 is 1.63. The fourth-order valence-corrected chi connectivity index (χ4v) is 2.52. The molecule has 0 saturated heterocycles. The van der Waals surface area contributed by atoms with Crippen LogP contribution in [0.2, 0.25) is 0 Å². The van der Waals surface area contributed by atoms with Gasteiger partial charge in [0.2, 0.25) is 0 Å². The number of hydrogen-bond donors (Lipinski definition) is 1. The molecule has 1 aromatic rings. The molecule has 1 N–H and O–H groups in total. The molecule has 17 heavy (non-hydrogen) atoms. The molecule has 0 atom stereocenters. The van der Waals surface area contributed by atoms with Gasteiger partial charge in [-0.15, -0.1) is 0 Å². The fraction of sp³-hybridized carbons (Fsp3) is 0.538. The van der Waals surface area contributed by atoms with Crippen molar-refractivity contribution >= 4 is 22.5 Å². The lowest BCUT2D eigenvalue weighted by molar-refractivity contribution is 0.781. The molecule has 0 bridgehead atoms. The van der Waals surface area contributed by atoms with Gasteiger partial charge in [-0.3, -0.25) is 4.99 Å². The number of aromatic nitrogens is 1. The van der Waals surface area contributed by atoms with E-state index in [1.165, 1.54) is 18.4 Å². The molecule has 1 aliphatic rings. The fourth-order valence-electron chi connectivity index (χ4n) is 1.84. The van der Waals surface area contributed by atoms with Gasteiger partial charge in [-0.2, -0.15) is 0 Å². The van der Waals surface area contributed by atoms with Gasteiger partial charge in [-0.05, 0) is 36.8 Å². The number of anilines is 1. The minimum absolute atomic E-state index is 0.355. The van der Waals surface area contributed by atoms with E-state index in [1.807, 2.05) is 27.2 Å². The van der Waals surface area contributed by atoms with Crippen LogP contribution in [0.25, 0.3) is 0 Å². The van der Waals surface area contributed by atoms with Crippen molar-refractivity contribution in [1.29, 1.82) is 0 Å². The largest absolute Gasteiger partial charge is 0.387 e. The molecule has 1 aliphatic carbocycles. The second-order valence-electron chi connectivity index (χ2n) is 4.72. The Balaban J connectivity index is 2.32. The van der Waals surface area contributed by atoms with Crippen LogP contribution < -0.4 is 5.32 Å². The average Bonchev–Trinajstić information content (AvgIpc) is 3.08. The summed E-state index contributed by atoms with van der Waals surface area (Å²) in [6, 6.07) is 2.21. The van der Waals surface area contributed by atoms with Crippen LogP contribution in [0.1, 0.15) is 32.3 Å². The van der Waals surface area contributed by atoms with E-state index in [-0.39, 0.29) is 0 Å². The predicted octanol–water partition coefficient (Wildman–Crippen LogP) is 3.32. The van der Waals surface area contributed by atoms with E-state index in [0.717, 1.165) is 15.8 Å². The molecule has 0 spiro atoms. The highest BCUT2D eigenvalue weighted by Gasteiger charge is 2.40. The first-order valence-electron chi connectivity index (χ1n) is 5.88. The van der Waals surface area contributed by atoms with Gasteiger partial charge in [0.1, 0.15) is 5.03 Å². The molecule has 4 heteroatoms. The van der Waals surface area contributed by atoms with Crippen LogP contribution in [-0.4, -0.2) is 24.1 Å². The van der Waals surface area contributed by atoms with Crippen LogP contribution in [0.4, 0.5) is 5.69 Å². The maximum atomic E-state index is 4.46. The molecule has 1 saturated carbocycles. The van der Waals surface area contributed by atoms with Crippen molar-refractivity contribution in [3.63, 3.8) is 0 Å². The van der Waals surface area contributed by atoms with Crippen molar-refractivity contribution in [3.8, 4) is 0 Å². The van der Waals surface area contributed by atoms with Crippen LogP contribution in [0.3, 0.4) is 0 Å². The second-order valence-corrected chi connectivity index (χ2v) is 5.94. The van der Waals surface area contributed by atoms with Crippen LogP contribution in [0.5, 0.6) is 0 Å². The SMILES string of the molecule is C/N=C(/C)Sc1cc(C2(C)CC2)c(NC)cn1. The Morgan fingerprint density at radius 2 is 2.24 bits per heavy atom. The first kappa shape index (κ1) is 12.4. The van der Waals surface area contributed by atoms with Crippen LogP contribution in [0.15, 0.2) is 22.3 Å². The van der Waals surface area contributed by atoms with E-state index in [9.17, 15) is 0 Å². The first-order valence-corrected chi connectivity index (χ1v) is 6.70. The lowest BCUT2D eigenvalue weighted by Crippen LogP contribution is -2.06. The molecule has 0 aromatic carbocycles. The van der Waals surface area contributed by atoms with Gasteiger partial charge >= 0.3 is 0 Å². The summed E-state index contributed by atoms with van der Waals surface area (Å²) in [4.78, 5) is 8.62. The first-order chi connectivity index (χ1) is 8.09. The Morgan fingerprint density at radius 3 is 2.76 bits per heavy atom. The quantitative estimate of drug-likeness (QED) is 0.507. The summed E-state index contributed by atoms with van der Waals surface area (Å²) in [5.41, 5.74) is 2.90. The molecular formula is C13H19N3S. The molecule has 92 valence electrons. The van der Waals surface area contributed by atoms with Crippen molar-refractivity contribution in [3.05, 3.63) is 17.8 Å². The summed E-state index contributed by atoms with van der Waals surface area (Å²) in [6.07, 6.45) is 4.48. The highest BCUT2D eigenvalue weighted by atomic mass is 32.2. The van der Waals surface area contributed by atoms with Gasteiger partial charge in [0.25, 0.3) is 0 Å². The number of nitrogens with zero attached hydrogens (tertiary/aromatic N) is 2. The molecule has 0 radical (unpaired) electrons. The lowest BCUT2D eigenvalue weighted by Gasteiger charge is -2.15. The molecule has 0 amide bonds. The minimum Gasteiger partial charge on any atom is -0.387 e. The Labute approximate surface area is 107 Å². The van der Waals surface area contributed by atoms with Gasteiger partial charge in [0.05, 0.1) is 16.9 Å². The van der Waals surface area contributed by atoms with Gasteiger partial charge in [-0.25, -0.2) is 4.98 Å². The van der Waals surface area contributed by atoms with Crippen molar-refractivity contribution in [2.75, 3.05) is 19.4 Å². The maximum Gasteiger partial charge on any atom is 0.102 e. The Morgan fingerprint density at radius 1 is 1.53 bits per heavy atom. The van der Waals surface area contributed by atoms with Gasteiger partial charge in [0.15, 0.2) is 0 Å². The van der Waals surface area contributed by atoms with E-state index in [2.05, 4.69) is 28.3 Å². The van der Waals surface area contributed by atoms with Crippen molar-refractivity contribution < 1.29 is 0 Å². The zero-order valence-corrected chi connectivity index (χ0v) is 11.7. The smallest absolute Gasteiger partial charge is 0.102 e. The summed E-state index contributed by atoms with van der Waals surface area (Å²) in [7, 11) is 3.77. The van der Waals surface area contributed by atoms with E-state index in [0.29, 0.717) is 5.41 Å². The number of nitrogens with one attached hydrogen (secondary N) is 1. The van der Waals surface area contributed by atoms with E-state index >= 15 is 0 Å². The van der Waals surface area contributed by atoms with Crippen LogP contribution in [-0.2, 0) is 5.41 Å². The van der Waals surface area contributed by atoms with E-state index in [1.54, 1.807) is 11.8 Å². The number of pyridine rings is 1. The summed E-state index contributed by atoms with van der Waals surface area (Å²) in [5.74, 6) is 0. The zero-order valence-electron chi connectivity index (χ0n) is 10.9. The van der Waals surface area contributed by atoms with Crippen molar-refractivity contribution in [2.24, 2.45) is 4.99 Å². The van der Waals surface area contributed by atoms with Crippen LogP contribution in [0, 0.1) is 0 Å². The molecule has 3 nitrogen and oxygen atoms in total. The Hall–Kier alpha value is -1.03. The highest BCUT2D eigenvalue weighted by Crippen LogP contribution is 2.50. The molecule has 0 aliphatic heterocycles. The molecule has 0 unspecified atom stereocenters. The third-order valence-electron chi connectivity index (χ3n) is 3.37. The number of aliphatic imine (C=N–C) groups is 1. The normalized spacial score (nSPS) is 18.0. The summed E-state index contributed by atoms with van der Waals surface area (Å²) < 4.78 is 0. The van der Waals surface area contributed by atoms with E-state index in [4.69, 9.17) is 0 Å². The number of thioether (sulfide) groups is 1. The average molecular weight is 249 g/mol. The number of hydrogen-bond acceptors (Lipinski definition) is 4. The van der Waals surface area contributed by atoms with Gasteiger partial charge in [0, 0.05) is 14.1 Å². The third kappa shape index (κ3) is 2.63. The molecule has 1 heterocycles. The predicted molar refractivity (Wildman–Crippen MR) is 75.3 cm³/mol. The maximum absolute atomic E-state index is 4.46. The molecule has 1 fully saturated rings. The standard InChI is InChI=1S/C13H19N3S/c1-9(14-3)17-12-7-10(13(2)5-6-13)11(15-4)8-16-12/h7-8,15H,5-6H2,1-4H3/b14-9-. The molecule has 1 aromatic heterocycles. The monoisotopic (exact) mass is 249 g/mol. The van der Waals surface area contributed by atoms with E-state index < -0.39 is 0 Å². The topological polar surface area (TPSA) is 37.3 Å². The Kier molecular flexibility index (Phi) is 3.43. The van der Waals surface area contributed by atoms with Gasteiger partial charge < -0.3 is 5.32 Å². The Bertz CT molecular complexity index is 450. The summed E-state index contributed by atoms with van der Waals surface area (Å²) in [6.45, 7) is 4.33. The summed E-state index contributed by atoms with van der Waals surface area (Å²) in [5, 5.41) is 5.32. The van der Waals surface area contributed by atoms with Gasteiger partial charge in [-0.1, -0.05) is 18.7 Å². The second kappa shape index (κ2) is 4.69. The zero-order chi connectivity index (χ0) is 12.5. The lowest BCUT2D eigenvalue weighted by atomic mass is 9.98. The minimum atomic E-state index is 0.355. The third-order valence-corrected chi connectivity index (χ3v) is 4.28. The van der Waals surface area contributed by atoms with Crippen LogP contribution >= 0.6 is 11.8 Å². The molecular weight excluding hydrogens is 230 g/mol. The molecule has 2 rings (SSSR count). The number of rotatable bonds is 3. The highest BCUT2D eigenvalue weighted by molar-refractivity contribution is 8.13. The van der Waals surface area contributed by atoms with Crippen molar-refractivity contribution in [1.82, 2.24) is 4.98 Å².